The number of rotatable bonds is 6. The molecule has 2 saturated heterocycles. The third-order valence-electron chi connectivity index (χ3n) is 5.79. The van der Waals surface area contributed by atoms with Gasteiger partial charge in [0.1, 0.15) is 5.82 Å². The second-order valence-electron chi connectivity index (χ2n) is 7.65. The topological polar surface area (TPSA) is 43.8 Å². The van der Waals surface area contributed by atoms with Crippen molar-refractivity contribution in [1.82, 2.24) is 9.80 Å². The maximum absolute atomic E-state index is 12.9. The van der Waals surface area contributed by atoms with Gasteiger partial charge in [-0.05, 0) is 61.9 Å². The summed E-state index contributed by atoms with van der Waals surface area (Å²) in [5, 5.41) is 9.03. The molecule has 26 heavy (non-hydrogen) atoms. The maximum Gasteiger partial charge on any atom is 0.222 e. The molecule has 0 aliphatic carbocycles. The van der Waals surface area contributed by atoms with Crippen molar-refractivity contribution in [1.29, 1.82) is 0 Å². The van der Waals surface area contributed by atoms with Gasteiger partial charge in [0.05, 0.1) is 0 Å². The number of halogens is 1. The Hall–Kier alpha value is -1.72. The van der Waals surface area contributed by atoms with Gasteiger partial charge in [-0.3, -0.25) is 9.69 Å². The SMILES string of the molecule is O=C1CCC2(CCN(CC=Cc3ccc(F)cc3)CC2)CN1CCCO. The standard InChI is InChI=1S/C21H29FN2O2/c22-19-6-4-18(5-7-19)3-1-12-23-14-10-21(11-15-23)9-8-20(26)24(17-21)13-2-16-25/h1,3-7,25H,2,8-17H2. The Morgan fingerprint density at radius 1 is 1.15 bits per heavy atom. The molecule has 5 heteroatoms. The molecule has 2 fully saturated rings. The summed E-state index contributed by atoms with van der Waals surface area (Å²) in [5.41, 5.74) is 1.28. The minimum atomic E-state index is -0.206. The van der Waals surface area contributed by atoms with Crippen LogP contribution in [0.3, 0.4) is 0 Å². The lowest BCUT2D eigenvalue weighted by molar-refractivity contribution is -0.139. The minimum Gasteiger partial charge on any atom is -0.396 e. The number of hydrogen-bond acceptors (Lipinski definition) is 3. The summed E-state index contributed by atoms with van der Waals surface area (Å²) < 4.78 is 12.9. The smallest absolute Gasteiger partial charge is 0.222 e. The fraction of sp³-hybridized carbons (Fsp3) is 0.571. The number of piperidine rings is 2. The summed E-state index contributed by atoms with van der Waals surface area (Å²) in [7, 11) is 0. The highest BCUT2D eigenvalue weighted by molar-refractivity contribution is 5.77. The largest absolute Gasteiger partial charge is 0.396 e. The normalized spacial score (nSPS) is 21.0. The van der Waals surface area contributed by atoms with Crippen LogP contribution in [0.5, 0.6) is 0 Å². The molecule has 0 unspecified atom stereocenters. The van der Waals surface area contributed by atoms with Gasteiger partial charge in [-0.15, -0.1) is 0 Å². The summed E-state index contributed by atoms with van der Waals surface area (Å²) in [6.07, 6.45) is 8.75. The molecule has 0 radical (unpaired) electrons. The molecule has 1 spiro atoms. The van der Waals surface area contributed by atoms with Crippen molar-refractivity contribution in [3.05, 3.63) is 41.7 Å². The van der Waals surface area contributed by atoms with Gasteiger partial charge in [-0.25, -0.2) is 4.39 Å². The molecule has 1 aromatic carbocycles. The van der Waals surface area contributed by atoms with Crippen LogP contribution in [0.4, 0.5) is 4.39 Å². The fourth-order valence-electron chi connectivity index (χ4n) is 4.10. The van der Waals surface area contributed by atoms with Crippen LogP contribution in [0.1, 0.15) is 37.7 Å². The van der Waals surface area contributed by atoms with Gasteiger partial charge in [0.15, 0.2) is 0 Å². The number of carbonyl (C=O) groups is 1. The Kier molecular flexibility index (Phi) is 6.43. The molecular weight excluding hydrogens is 331 g/mol. The first-order valence-corrected chi connectivity index (χ1v) is 9.63. The van der Waals surface area contributed by atoms with Gasteiger partial charge >= 0.3 is 0 Å². The molecule has 0 aromatic heterocycles. The van der Waals surface area contributed by atoms with E-state index in [0.29, 0.717) is 19.4 Å². The molecule has 1 N–H and O–H groups in total. The fourth-order valence-corrected chi connectivity index (χ4v) is 4.10. The van der Waals surface area contributed by atoms with Crippen LogP contribution in [0.15, 0.2) is 30.3 Å². The van der Waals surface area contributed by atoms with Crippen molar-refractivity contribution >= 4 is 12.0 Å². The Balaban J connectivity index is 1.47. The number of carbonyl (C=O) groups excluding carboxylic acids is 1. The van der Waals surface area contributed by atoms with E-state index in [-0.39, 0.29) is 23.7 Å². The first-order chi connectivity index (χ1) is 12.6. The molecule has 1 aromatic rings. The van der Waals surface area contributed by atoms with Crippen LogP contribution in [-0.4, -0.2) is 60.1 Å². The predicted octanol–water partition coefficient (Wildman–Crippen LogP) is 2.93. The van der Waals surface area contributed by atoms with Crippen molar-refractivity contribution < 1.29 is 14.3 Å². The van der Waals surface area contributed by atoms with Crippen LogP contribution in [-0.2, 0) is 4.79 Å². The maximum atomic E-state index is 12.9. The number of aliphatic hydroxyl groups excluding tert-OH is 1. The predicted molar refractivity (Wildman–Crippen MR) is 101 cm³/mol. The molecule has 142 valence electrons. The summed E-state index contributed by atoms with van der Waals surface area (Å²) in [5.74, 6) is 0.0382. The van der Waals surface area contributed by atoms with E-state index in [1.54, 1.807) is 12.1 Å². The molecule has 3 rings (SSSR count). The molecule has 0 saturated carbocycles. The highest BCUT2D eigenvalue weighted by atomic mass is 19.1. The zero-order valence-corrected chi connectivity index (χ0v) is 15.4. The van der Waals surface area contributed by atoms with E-state index in [4.69, 9.17) is 5.11 Å². The van der Waals surface area contributed by atoms with Crippen LogP contribution in [0.25, 0.3) is 6.08 Å². The highest BCUT2D eigenvalue weighted by Gasteiger charge is 2.40. The van der Waals surface area contributed by atoms with Crippen molar-refractivity contribution in [3.8, 4) is 0 Å². The van der Waals surface area contributed by atoms with E-state index in [1.165, 1.54) is 12.1 Å². The molecular formula is C21H29FN2O2. The van der Waals surface area contributed by atoms with E-state index >= 15 is 0 Å². The number of hydrogen-bond donors (Lipinski definition) is 1. The summed E-state index contributed by atoms with van der Waals surface area (Å²) >= 11 is 0. The van der Waals surface area contributed by atoms with Crippen LogP contribution in [0.2, 0.25) is 0 Å². The lowest BCUT2D eigenvalue weighted by atomic mass is 9.72. The number of nitrogens with zero attached hydrogens (tertiary/aromatic N) is 2. The molecule has 0 atom stereocenters. The number of benzene rings is 1. The first-order valence-electron chi connectivity index (χ1n) is 9.63. The van der Waals surface area contributed by atoms with E-state index in [9.17, 15) is 9.18 Å². The summed E-state index contributed by atoms with van der Waals surface area (Å²) in [6.45, 7) is 4.68. The third kappa shape index (κ3) is 4.92. The van der Waals surface area contributed by atoms with Crippen LogP contribution >= 0.6 is 0 Å². The summed E-state index contributed by atoms with van der Waals surface area (Å²) in [4.78, 5) is 16.5. The second-order valence-corrected chi connectivity index (χ2v) is 7.65. The van der Waals surface area contributed by atoms with E-state index < -0.39 is 0 Å². The van der Waals surface area contributed by atoms with Crippen LogP contribution < -0.4 is 0 Å². The summed E-state index contributed by atoms with van der Waals surface area (Å²) in [6, 6.07) is 6.54. The Morgan fingerprint density at radius 2 is 1.88 bits per heavy atom. The Bertz CT molecular complexity index is 621. The number of aliphatic hydroxyl groups is 1. The minimum absolute atomic E-state index is 0.144. The van der Waals surface area contributed by atoms with Crippen molar-refractivity contribution in [2.24, 2.45) is 5.41 Å². The van der Waals surface area contributed by atoms with Gasteiger partial charge in [-0.2, -0.15) is 0 Å². The average molecular weight is 360 g/mol. The first kappa shape index (κ1) is 19.1. The number of likely N-dealkylation sites (tertiary alicyclic amines) is 2. The van der Waals surface area contributed by atoms with Crippen molar-refractivity contribution in [2.45, 2.75) is 32.1 Å². The third-order valence-corrected chi connectivity index (χ3v) is 5.79. The highest BCUT2D eigenvalue weighted by Crippen LogP contribution is 2.40. The van der Waals surface area contributed by atoms with Gasteiger partial charge in [0, 0.05) is 32.7 Å². The van der Waals surface area contributed by atoms with E-state index in [1.807, 2.05) is 11.0 Å². The van der Waals surface area contributed by atoms with Crippen LogP contribution in [0, 0.1) is 11.2 Å². The van der Waals surface area contributed by atoms with Crippen molar-refractivity contribution in [3.63, 3.8) is 0 Å². The van der Waals surface area contributed by atoms with Gasteiger partial charge in [-0.1, -0.05) is 24.3 Å². The van der Waals surface area contributed by atoms with Gasteiger partial charge < -0.3 is 10.0 Å². The monoisotopic (exact) mass is 360 g/mol. The Morgan fingerprint density at radius 3 is 2.58 bits per heavy atom. The Labute approximate surface area is 155 Å². The van der Waals surface area contributed by atoms with Gasteiger partial charge in [0.2, 0.25) is 5.91 Å². The molecule has 2 heterocycles. The number of amides is 1. The zero-order chi connectivity index (χ0) is 18.4. The lowest BCUT2D eigenvalue weighted by Crippen LogP contribution is -2.51. The van der Waals surface area contributed by atoms with E-state index in [0.717, 1.165) is 51.0 Å². The average Bonchev–Trinajstić information content (AvgIpc) is 2.66. The zero-order valence-electron chi connectivity index (χ0n) is 15.4. The molecule has 4 nitrogen and oxygen atoms in total. The molecule has 0 bridgehead atoms. The quantitative estimate of drug-likeness (QED) is 0.848. The van der Waals surface area contributed by atoms with E-state index in [2.05, 4.69) is 11.0 Å². The molecule has 2 aliphatic heterocycles. The van der Waals surface area contributed by atoms with Crippen molar-refractivity contribution in [2.75, 3.05) is 39.3 Å². The molecule has 2 aliphatic rings. The lowest BCUT2D eigenvalue weighted by Gasteiger charge is -2.47. The second kappa shape index (κ2) is 8.78. The van der Waals surface area contributed by atoms with Gasteiger partial charge in [0.25, 0.3) is 0 Å². The molecule has 1 amide bonds.